The van der Waals surface area contributed by atoms with Crippen molar-refractivity contribution >= 4 is 23.2 Å². The Morgan fingerprint density at radius 2 is 1.84 bits per heavy atom. The molecule has 1 aliphatic heterocycles. The van der Waals surface area contributed by atoms with E-state index in [0.29, 0.717) is 16.5 Å². The van der Waals surface area contributed by atoms with Crippen LogP contribution in [0.2, 0.25) is 10.0 Å². The van der Waals surface area contributed by atoms with Crippen LogP contribution in [0.15, 0.2) is 53.2 Å². The fourth-order valence-electron chi connectivity index (χ4n) is 5.28. The maximum atomic E-state index is 12.5. The second-order valence-corrected chi connectivity index (χ2v) is 9.98. The molecule has 31 heavy (non-hydrogen) atoms. The zero-order valence-electron chi connectivity index (χ0n) is 18.2. The number of hydrogen-bond donors (Lipinski definition) is 1. The van der Waals surface area contributed by atoms with Gasteiger partial charge in [-0.25, -0.2) is 0 Å². The lowest BCUT2D eigenvalue weighted by Crippen LogP contribution is -2.53. The average molecular weight is 463 g/mol. The summed E-state index contributed by atoms with van der Waals surface area (Å²) >= 11 is 13.1. The highest BCUT2D eigenvalue weighted by Gasteiger charge is 2.49. The number of aliphatic hydroxyl groups is 1. The normalized spacial score (nSPS) is 28.6. The van der Waals surface area contributed by atoms with Gasteiger partial charge in [-0.3, -0.25) is 0 Å². The molecule has 6 heteroatoms. The van der Waals surface area contributed by atoms with E-state index in [1.165, 1.54) is 0 Å². The van der Waals surface area contributed by atoms with Crippen molar-refractivity contribution in [2.24, 2.45) is 5.92 Å². The van der Waals surface area contributed by atoms with Crippen LogP contribution in [-0.4, -0.2) is 60.3 Å². The Labute approximate surface area is 195 Å². The molecule has 4 rings (SSSR count). The molecule has 2 heterocycles. The van der Waals surface area contributed by atoms with E-state index in [1.807, 2.05) is 30.3 Å². The lowest BCUT2D eigenvalue weighted by Gasteiger charge is -2.44. The number of hydrogen-bond acceptors (Lipinski definition) is 4. The van der Waals surface area contributed by atoms with E-state index in [0.717, 1.165) is 68.9 Å². The molecule has 0 spiro atoms. The molecule has 2 aliphatic rings. The molecule has 2 fully saturated rings. The van der Waals surface area contributed by atoms with Gasteiger partial charge in [-0.05, 0) is 56.1 Å². The van der Waals surface area contributed by atoms with E-state index in [1.54, 1.807) is 6.26 Å². The van der Waals surface area contributed by atoms with Crippen LogP contribution in [0.25, 0.3) is 0 Å². The lowest BCUT2D eigenvalue weighted by atomic mass is 9.69. The van der Waals surface area contributed by atoms with Gasteiger partial charge in [0.15, 0.2) is 0 Å². The predicted octanol–water partition coefficient (Wildman–Crippen LogP) is 5.25. The Hall–Kier alpha value is -1.30. The predicted molar refractivity (Wildman–Crippen MR) is 127 cm³/mol. The number of furan rings is 1. The first-order chi connectivity index (χ1) is 14.9. The van der Waals surface area contributed by atoms with Crippen LogP contribution >= 0.6 is 23.2 Å². The van der Waals surface area contributed by atoms with E-state index in [-0.39, 0.29) is 11.8 Å². The van der Waals surface area contributed by atoms with Crippen LogP contribution in [0.3, 0.4) is 0 Å². The Morgan fingerprint density at radius 1 is 1.13 bits per heavy atom. The molecular weight excluding hydrogens is 431 g/mol. The van der Waals surface area contributed by atoms with Crippen molar-refractivity contribution in [3.63, 3.8) is 0 Å². The van der Waals surface area contributed by atoms with Gasteiger partial charge in [0.2, 0.25) is 0 Å². The summed E-state index contributed by atoms with van der Waals surface area (Å²) in [6, 6.07) is 9.36. The number of halogens is 2. The summed E-state index contributed by atoms with van der Waals surface area (Å²) in [4.78, 5) is 4.84. The van der Waals surface area contributed by atoms with Crippen molar-refractivity contribution < 1.29 is 9.52 Å². The highest BCUT2D eigenvalue weighted by Crippen LogP contribution is 2.48. The van der Waals surface area contributed by atoms with E-state index in [4.69, 9.17) is 27.6 Å². The van der Waals surface area contributed by atoms with Crippen LogP contribution in [0.5, 0.6) is 0 Å². The zero-order chi connectivity index (χ0) is 22.0. The summed E-state index contributed by atoms with van der Waals surface area (Å²) in [5.74, 6) is 0.522. The molecule has 3 atom stereocenters. The summed E-state index contributed by atoms with van der Waals surface area (Å²) < 4.78 is 5.84. The van der Waals surface area contributed by atoms with Crippen molar-refractivity contribution in [3.8, 4) is 0 Å². The van der Waals surface area contributed by atoms with Crippen LogP contribution in [0.4, 0.5) is 0 Å². The molecule has 0 radical (unpaired) electrons. The Bertz CT molecular complexity index is 873. The molecule has 1 aromatic carbocycles. The third-order valence-electron chi connectivity index (χ3n) is 7.09. The number of likely N-dealkylation sites (N-methyl/N-ethyl adjacent to an activating group) is 1. The second-order valence-electron chi connectivity index (χ2n) is 9.17. The molecule has 0 bridgehead atoms. The van der Waals surface area contributed by atoms with E-state index < -0.39 is 5.60 Å². The Morgan fingerprint density at radius 3 is 2.48 bits per heavy atom. The Kier molecular flexibility index (Phi) is 7.14. The molecule has 168 valence electrons. The fourth-order valence-corrected chi connectivity index (χ4v) is 5.82. The van der Waals surface area contributed by atoms with E-state index in [2.05, 4.69) is 23.4 Å². The number of nitrogens with zero attached hydrogens (tertiary/aromatic N) is 2. The third-order valence-corrected chi connectivity index (χ3v) is 7.80. The maximum Gasteiger partial charge on any atom is 0.113 e. The summed E-state index contributed by atoms with van der Waals surface area (Å²) in [5, 5.41) is 13.7. The number of piperazine rings is 1. The molecule has 1 N–H and O–H groups in total. The van der Waals surface area contributed by atoms with Crippen molar-refractivity contribution in [2.75, 3.05) is 39.8 Å². The van der Waals surface area contributed by atoms with Gasteiger partial charge in [-0.15, -0.1) is 0 Å². The molecule has 1 saturated heterocycles. The minimum Gasteiger partial charge on any atom is -0.469 e. The quantitative estimate of drug-likeness (QED) is 0.486. The first kappa shape index (κ1) is 22.9. The molecule has 4 nitrogen and oxygen atoms in total. The molecule has 1 aromatic heterocycles. The first-order valence-electron chi connectivity index (χ1n) is 11.2. The monoisotopic (exact) mass is 462 g/mol. The highest BCUT2D eigenvalue weighted by atomic mass is 35.5. The number of rotatable bonds is 5. The van der Waals surface area contributed by atoms with Crippen LogP contribution in [-0.2, 0) is 6.42 Å². The lowest BCUT2D eigenvalue weighted by molar-refractivity contribution is -0.0521. The molecular formula is C25H32Cl2N2O2. The Balaban J connectivity index is 1.73. The summed E-state index contributed by atoms with van der Waals surface area (Å²) in [6.45, 7) is 9.36. The van der Waals surface area contributed by atoms with Gasteiger partial charge in [-0.2, -0.15) is 0 Å². The van der Waals surface area contributed by atoms with Gasteiger partial charge in [-0.1, -0.05) is 41.4 Å². The topological polar surface area (TPSA) is 39.9 Å². The minimum absolute atomic E-state index is 0.0533. The standard InChI is InChI=1S/C25H32Cl2N2O2/c1-18-6-3-7-19(17-29-13-11-28(2)12-14-29)25(30,24(18)23-10-5-15-31-23)16-20-21(26)8-4-9-22(20)27/h4-5,8-10,15,19,24,30H,1,3,6-7,11-14,16-17H2,2H3. The molecule has 1 aliphatic carbocycles. The first-order valence-corrected chi connectivity index (χ1v) is 11.9. The van der Waals surface area contributed by atoms with Gasteiger partial charge in [0.1, 0.15) is 5.76 Å². The van der Waals surface area contributed by atoms with Gasteiger partial charge >= 0.3 is 0 Å². The second kappa shape index (κ2) is 9.68. The summed E-state index contributed by atoms with van der Waals surface area (Å²) in [5.41, 5.74) is 0.716. The van der Waals surface area contributed by atoms with Crippen molar-refractivity contribution in [1.29, 1.82) is 0 Å². The highest BCUT2D eigenvalue weighted by molar-refractivity contribution is 6.36. The van der Waals surface area contributed by atoms with E-state index >= 15 is 0 Å². The van der Waals surface area contributed by atoms with Crippen LogP contribution in [0.1, 0.15) is 36.5 Å². The smallest absolute Gasteiger partial charge is 0.113 e. The third kappa shape index (κ3) is 4.89. The molecule has 0 amide bonds. The zero-order valence-corrected chi connectivity index (χ0v) is 19.7. The van der Waals surface area contributed by atoms with Gasteiger partial charge in [0.25, 0.3) is 0 Å². The largest absolute Gasteiger partial charge is 0.469 e. The summed E-state index contributed by atoms with van der Waals surface area (Å²) in [7, 11) is 2.16. The summed E-state index contributed by atoms with van der Waals surface area (Å²) in [6.07, 6.45) is 4.86. The van der Waals surface area contributed by atoms with Crippen LogP contribution in [0, 0.1) is 5.92 Å². The van der Waals surface area contributed by atoms with Crippen molar-refractivity contribution in [3.05, 3.63) is 70.1 Å². The maximum absolute atomic E-state index is 12.5. The van der Waals surface area contributed by atoms with Crippen molar-refractivity contribution in [1.82, 2.24) is 9.80 Å². The molecule has 3 unspecified atom stereocenters. The SMILES string of the molecule is C=C1CCCC(CN2CCN(C)CC2)C(O)(Cc2c(Cl)cccc2Cl)C1c1ccco1. The fraction of sp³-hybridized carbons (Fsp3) is 0.520. The minimum atomic E-state index is -1.09. The van der Waals surface area contributed by atoms with Gasteiger partial charge in [0.05, 0.1) is 17.8 Å². The molecule has 1 saturated carbocycles. The van der Waals surface area contributed by atoms with E-state index in [9.17, 15) is 5.11 Å². The van der Waals surface area contributed by atoms with Crippen molar-refractivity contribution in [2.45, 2.75) is 37.2 Å². The molecule has 2 aromatic rings. The van der Waals surface area contributed by atoms with Gasteiger partial charge < -0.3 is 19.3 Å². The van der Waals surface area contributed by atoms with Gasteiger partial charge in [0, 0.05) is 55.1 Å². The number of benzene rings is 1. The van der Waals surface area contributed by atoms with Crippen LogP contribution < -0.4 is 0 Å². The average Bonchev–Trinajstić information content (AvgIpc) is 3.22.